The maximum atomic E-state index is 12.7. The number of aromatic nitrogens is 3. The molecule has 2 heterocycles. The summed E-state index contributed by atoms with van der Waals surface area (Å²) in [5.74, 6) is -0.0265. The van der Waals surface area contributed by atoms with Crippen LogP contribution in [-0.2, 0) is 22.9 Å². The minimum absolute atomic E-state index is 0.0175. The SMILES string of the molecule is COc1nc(-n2cc(S(N)(=O)=O)c3ccc(CC#N)cc32)ncc1CC(F)F. The van der Waals surface area contributed by atoms with E-state index < -0.39 is 22.9 Å². The third-order valence-electron chi connectivity index (χ3n) is 4.02. The van der Waals surface area contributed by atoms with Crippen LogP contribution in [0.3, 0.4) is 0 Å². The molecule has 8 nitrogen and oxygen atoms in total. The average Bonchev–Trinajstić information content (AvgIpc) is 3.01. The van der Waals surface area contributed by atoms with Crippen LogP contribution < -0.4 is 9.88 Å². The van der Waals surface area contributed by atoms with Crippen molar-refractivity contribution < 1.29 is 21.9 Å². The van der Waals surface area contributed by atoms with Gasteiger partial charge in [0.25, 0.3) is 0 Å². The Bertz CT molecular complexity index is 1190. The van der Waals surface area contributed by atoms with E-state index in [4.69, 9.17) is 15.1 Å². The van der Waals surface area contributed by atoms with E-state index in [-0.39, 0.29) is 28.7 Å². The molecule has 0 amide bonds. The first-order chi connectivity index (χ1) is 13.2. The largest absolute Gasteiger partial charge is 0.481 e. The predicted molar refractivity (Wildman–Crippen MR) is 95.8 cm³/mol. The van der Waals surface area contributed by atoms with E-state index in [9.17, 15) is 17.2 Å². The zero-order valence-corrected chi connectivity index (χ0v) is 15.4. The Kier molecular flexibility index (Phi) is 5.26. The first-order valence-corrected chi connectivity index (χ1v) is 9.51. The van der Waals surface area contributed by atoms with Crippen LogP contribution in [0.2, 0.25) is 0 Å². The van der Waals surface area contributed by atoms with Gasteiger partial charge in [0.2, 0.25) is 28.3 Å². The van der Waals surface area contributed by atoms with E-state index in [1.807, 2.05) is 6.07 Å². The lowest BCUT2D eigenvalue weighted by Crippen LogP contribution is -2.11. The van der Waals surface area contributed by atoms with E-state index in [0.717, 1.165) is 0 Å². The summed E-state index contributed by atoms with van der Waals surface area (Å²) in [6, 6.07) is 6.80. The molecule has 0 fully saturated rings. The van der Waals surface area contributed by atoms with Crippen molar-refractivity contribution in [1.82, 2.24) is 14.5 Å². The summed E-state index contributed by atoms with van der Waals surface area (Å²) in [6.07, 6.45) is -0.612. The number of hydrogen-bond acceptors (Lipinski definition) is 6. The van der Waals surface area contributed by atoms with Crippen molar-refractivity contribution in [2.45, 2.75) is 24.2 Å². The molecule has 0 radical (unpaired) electrons. The van der Waals surface area contributed by atoms with E-state index in [0.29, 0.717) is 16.5 Å². The highest BCUT2D eigenvalue weighted by Gasteiger charge is 2.21. The Morgan fingerprint density at radius 2 is 2.14 bits per heavy atom. The predicted octanol–water partition coefficient (Wildman–Crippen LogP) is 1.95. The number of rotatable bonds is 6. The lowest BCUT2D eigenvalue weighted by Gasteiger charge is -2.10. The standard InChI is InChI=1S/C17H15F2N5O3S/c1-27-16-11(7-15(18)19)8-22-17(23-16)24-9-14(28(21,25)26)12-3-2-10(4-5-20)6-13(12)24/h2-3,6,8-9,15H,4,7H2,1H3,(H2,21,25,26). The van der Waals surface area contributed by atoms with Crippen LogP contribution in [0.5, 0.6) is 5.88 Å². The molecule has 146 valence electrons. The molecule has 3 aromatic rings. The molecule has 11 heteroatoms. The Hall–Kier alpha value is -3.10. The second-order valence-corrected chi connectivity index (χ2v) is 7.42. The van der Waals surface area contributed by atoms with E-state index in [1.54, 1.807) is 18.2 Å². The highest BCUT2D eigenvalue weighted by molar-refractivity contribution is 7.89. The molecule has 3 rings (SSSR count). The molecule has 0 bridgehead atoms. The van der Waals surface area contributed by atoms with Gasteiger partial charge in [0.05, 0.1) is 25.1 Å². The molecule has 0 aliphatic rings. The van der Waals surface area contributed by atoms with Gasteiger partial charge in [-0.15, -0.1) is 0 Å². The van der Waals surface area contributed by atoms with E-state index in [1.165, 1.54) is 24.1 Å². The third-order valence-corrected chi connectivity index (χ3v) is 4.96. The molecule has 2 aromatic heterocycles. The Morgan fingerprint density at radius 1 is 1.39 bits per heavy atom. The maximum absolute atomic E-state index is 12.7. The summed E-state index contributed by atoms with van der Waals surface area (Å²) in [5.41, 5.74) is 1.17. The molecule has 28 heavy (non-hydrogen) atoms. The first-order valence-electron chi connectivity index (χ1n) is 7.96. The Balaban J connectivity index is 2.24. The summed E-state index contributed by atoms with van der Waals surface area (Å²) < 4.78 is 55.8. The van der Waals surface area contributed by atoms with Crippen LogP contribution in [-0.4, -0.2) is 36.5 Å². The minimum atomic E-state index is -4.05. The van der Waals surface area contributed by atoms with Crippen molar-refractivity contribution in [3.8, 4) is 17.9 Å². The number of alkyl halides is 2. The van der Waals surface area contributed by atoms with Gasteiger partial charge in [-0.3, -0.25) is 4.57 Å². The highest BCUT2D eigenvalue weighted by Crippen LogP contribution is 2.29. The second-order valence-electron chi connectivity index (χ2n) is 5.89. The second kappa shape index (κ2) is 7.49. The lowest BCUT2D eigenvalue weighted by molar-refractivity contribution is 0.147. The van der Waals surface area contributed by atoms with Crippen molar-refractivity contribution >= 4 is 20.9 Å². The van der Waals surface area contributed by atoms with Crippen molar-refractivity contribution in [2.24, 2.45) is 5.14 Å². The molecule has 0 aliphatic carbocycles. The summed E-state index contributed by atoms with van der Waals surface area (Å²) >= 11 is 0. The summed E-state index contributed by atoms with van der Waals surface area (Å²) in [7, 11) is -2.77. The molecule has 0 aliphatic heterocycles. The molecule has 0 atom stereocenters. The fraction of sp³-hybridized carbons (Fsp3) is 0.235. The molecule has 0 spiro atoms. The van der Waals surface area contributed by atoms with E-state index >= 15 is 0 Å². The summed E-state index contributed by atoms with van der Waals surface area (Å²) in [6.45, 7) is 0. The molecule has 2 N–H and O–H groups in total. The van der Waals surface area contributed by atoms with Gasteiger partial charge >= 0.3 is 0 Å². The van der Waals surface area contributed by atoms with Crippen molar-refractivity contribution in [3.05, 3.63) is 41.7 Å². The van der Waals surface area contributed by atoms with Gasteiger partial charge in [-0.1, -0.05) is 12.1 Å². The number of ether oxygens (including phenoxy) is 1. The average molecular weight is 407 g/mol. The van der Waals surface area contributed by atoms with Gasteiger partial charge in [-0.25, -0.2) is 27.3 Å². The van der Waals surface area contributed by atoms with Crippen molar-refractivity contribution in [3.63, 3.8) is 0 Å². The quantitative estimate of drug-likeness (QED) is 0.666. The number of benzene rings is 1. The topological polar surface area (TPSA) is 124 Å². The number of sulfonamides is 1. The molecule has 0 unspecified atom stereocenters. The number of methoxy groups -OCH3 is 1. The van der Waals surface area contributed by atoms with Crippen LogP contribution in [0, 0.1) is 11.3 Å². The first kappa shape index (κ1) is 19.7. The zero-order chi connectivity index (χ0) is 20.5. The Morgan fingerprint density at radius 3 is 2.75 bits per heavy atom. The van der Waals surface area contributed by atoms with Gasteiger partial charge in [-0.05, 0) is 11.6 Å². The maximum Gasteiger partial charge on any atom is 0.242 e. The van der Waals surface area contributed by atoms with E-state index in [2.05, 4.69) is 9.97 Å². The Labute approximate surface area is 159 Å². The van der Waals surface area contributed by atoms with Crippen LogP contribution in [0.4, 0.5) is 8.78 Å². The minimum Gasteiger partial charge on any atom is -0.481 e. The number of primary sulfonamides is 1. The number of nitrogens with two attached hydrogens (primary N) is 1. The molecule has 0 saturated heterocycles. The van der Waals surface area contributed by atoms with Gasteiger partial charge in [0.15, 0.2) is 0 Å². The van der Waals surface area contributed by atoms with Crippen LogP contribution >= 0.6 is 0 Å². The summed E-state index contributed by atoms with van der Waals surface area (Å²) in [4.78, 5) is 8.05. The number of nitrogens with zero attached hydrogens (tertiary/aromatic N) is 4. The van der Waals surface area contributed by atoms with Gasteiger partial charge in [0.1, 0.15) is 4.90 Å². The molecular formula is C17H15F2N5O3S. The van der Waals surface area contributed by atoms with Crippen molar-refractivity contribution in [2.75, 3.05) is 7.11 Å². The van der Waals surface area contributed by atoms with Gasteiger partial charge in [-0.2, -0.15) is 10.2 Å². The van der Waals surface area contributed by atoms with Crippen molar-refractivity contribution in [1.29, 1.82) is 5.26 Å². The third kappa shape index (κ3) is 3.78. The van der Waals surface area contributed by atoms with Gasteiger partial charge in [0, 0.05) is 29.8 Å². The molecular weight excluding hydrogens is 392 g/mol. The van der Waals surface area contributed by atoms with Crippen LogP contribution in [0.25, 0.3) is 16.9 Å². The molecule has 0 saturated carbocycles. The van der Waals surface area contributed by atoms with Crippen LogP contribution in [0.15, 0.2) is 35.5 Å². The monoisotopic (exact) mass is 407 g/mol. The number of nitriles is 1. The number of hydrogen-bond donors (Lipinski definition) is 1. The van der Waals surface area contributed by atoms with Crippen LogP contribution in [0.1, 0.15) is 11.1 Å². The lowest BCUT2D eigenvalue weighted by atomic mass is 10.1. The summed E-state index contributed by atoms with van der Waals surface area (Å²) in [5, 5.41) is 14.5. The van der Waals surface area contributed by atoms with Gasteiger partial charge < -0.3 is 4.74 Å². The zero-order valence-electron chi connectivity index (χ0n) is 14.6. The smallest absolute Gasteiger partial charge is 0.242 e. The molecule has 1 aromatic carbocycles. The fourth-order valence-corrected chi connectivity index (χ4v) is 3.55. The number of halogens is 2. The number of fused-ring (bicyclic) bond motifs is 1. The normalized spacial score (nSPS) is 11.7. The highest BCUT2D eigenvalue weighted by atomic mass is 32.2. The fourth-order valence-electron chi connectivity index (χ4n) is 2.82.